The van der Waals surface area contributed by atoms with Crippen LogP contribution in [0.15, 0.2) is 24.4 Å². The highest BCUT2D eigenvalue weighted by Gasteiger charge is 2.16. The van der Waals surface area contributed by atoms with Gasteiger partial charge in [-0.2, -0.15) is 0 Å². The van der Waals surface area contributed by atoms with Crippen molar-refractivity contribution >= 4 is 34.7 Å². The molecule has 1 aromatic heterocycles. The topological polar surface area (TPSA) is 63.2 Å². The van der Waals surface area contributed by atoms with Crippen LogP contribution < -0.4 is 10.6 Å². The molecule has 2 rings (SSSR count). The highest BCUT2D eigenvalue weighted by atomic mass is 35.5. The van der Waals surface area contributed by atoms with E-state index in [-0.39, 0.29) is 17.9 Å². The van der Waals surface area contributed by atoms with Crippen LogP contribution in [0.4, 0.5) is 17.2 Å². The summed E-state index contributed by atoms with van der Waals surface area (Å²) in [4.78, 5) is 16.5. The molecule has 0 atom stereocenters. The van der Waals surface area contributed by atoms with E-state index in [1.54, 1.807) is 6.20 Å². The summed E-state index contributed by atoms with van der Waals surface area (Å²) >= 11 is 5.72. The molecule has 2 N–H and O–H groups in total. The summed E-state index contributed by atoms with van der Waals surface area (Å²) in [5.74, 6) is 0.179. The van der Waals surface area contributed by atoms with E-state index in [2.05, 4.69) is 56.3 Å². The van der Waals surface area contributed by atoms with Crippen LogP contribution in [0.2, 0.25) is 0 Å². The Balaban J connectivity index is 2.38. The van der Waals surface area contributed by atoms with Crippen molar-refractivity contribution in [3.8, 4) is 0 Å². The lowest BCUT2D eigenvalue weighted by Gasteiger charge is -2.20. The van der Waals surface area contributed by atoms with Crippen molar-refractivity contribution in [2.24, 2.45) is 0 Å². The Hall–Kier alpha value is -2.11. The maximum Gasteiger partial charge on any atom is 0.239 e. The average molecular weight is 404 g/mol. The van der Waals surface area contributed by atoms with Crippen molar-refractivity contribution in [2.45, 2.75) is 60.2 Å². The van der Waals surface area contributed by atoms with E-state index in [1.165, 1.54) is 11.1 Å². The summed E-state index contributed by atoms with van der Waals surface area (Å²) in [6.45, 7) is 10.9. The van der Waals surface area contributed by atoms with Crippen molar-refractivity contribution in [1.29, 1.82) is 0 Å². The number of halogens is 1. The Kier molecular flexibility index (Phi) is 8.27. The largest absolute Gasteiger partial charge is 0.373 e. The SMILES string of the molecule is CCC(CC)OCc1ccnc(Nc2ccc(C)c(C)c2C)c1NC(=O)CCl. The summed E-state index contributed by atoms with van der Waals surface area (Å²) in [5.41, 5.74) is 6.04. The van der Waals surface area contributed by atoms with Gasteiger partial charge in [0, 0.05) is 17.4 Å². The molecular formula is C22H30ClN3O2. The second kappa shape index (κ2) is 10.4. The van der Waals surface area contributed by atoms with Gasteiger partial charge in [0.2, 0.25) is 5.91 Å². The number of hydrogen-bond acceptors (Lipinski definition) is 4. The number of ether oxygens (including phenoxy) is 1. The van der Waals surface area contributed by atoms with Crippen molar-refractivity contribution in [2.75, 3.05) is 16.5 Å². The Morgan fingerprint density at radius 3 is 2.50 bits per heavy atom. The number of alkyl halides is 1. The predicted molar refractivity (Wildman–Crippen MR) is 117 cm³/mol. The molecule has 0 aliphatic rings. The third kappa shape index (κ3) is 5.46. The molecule has 6 heteroatoms. The van der Waals surface area contributed by atoms with E-state index in [0.29, 0.717) is 18.1 Å². The molecular weight excluding hydrogens is 374 g/mol. The summed E-state index contributed by atoms with van der Waals surface area (Å²) in [5, 5.41) is 6.25. The molecule has 152 valence electrons. The number of hydrogen-bond donors (Lipinski definition) is 2. The first-order valence-electron chi connectivity index (χ1n) is 9.70. The van der Waals surface area contributed by atoms with Gasteiger partial charge in [0.25, 0.3) is 0 Å². The first-order valence-corrected chi connectivity index (χ1v) is 10.2. The van der Waals surface area contributed by atoms with Gasteiger partial charge in [-0.05, 0) is 62.4 Å². The van der Waals surface area contributed by atoms with Crippen LogP contribution in [-0.2, 0) is 16.1 Å². The Morgan fingerprint density at radius 1 is 1.14 bits per heavy atom. The quantitative estimate of drug-likeness (QED) is 0.532. The number of amides is 1. The molecule has 0 unspecified atom stereocenters. The Morgan fingerprint density at radius 2 is 1.86 bits per heavy atom. The molecule has 0 saturated carbocycles. The second-order valence-electron chi connectivity index (χ2n) is 6.93. The van der Waals surface area contributed by atoms with Gasteiger partial charge in [0.1, 0.15) is 5.88 Å². The highest BCUT2D eigenvalue weighted by molar-refractivity contribution is 6.29. The summed E-state index contributed by atoms with van der Waals surface area (Å²) in [6.07, 6.45) is 3.79. The lowest BCUT2D eigenvalue weighted by molar-refractivity contribution is -0.113. The summed E-state index contributed by atoms with van der Waals surface area (Å²) in [6, 6.07) is 5.96. The maximum atomic E-state index is 12.0. The van der Waals surface area contributed by atoms with E-state index in [1.807, 2.05) is 12.1 Å². The molecule has 0 fully saturated rings. The van der Waals surface area contributed by atoms with Gasteiger partial charge in [0.15, 0.2) is 5.82 Å². The monoisotopic (exact) mass is 403 g/mol. The van der Waals surface area contributed by atoms with Crippen LogP contribution in [0.1, 0.15) is 48.9 Å². The van der Waals surface area contributed by atoms with Gasteiger partial charge in [0.05, 0.1) is 18.4 Å². The molecule has 0 spiro atoms. The lowest BCUT2D eigenvalue weighted by atomic mass is 10.0. The summed E-state index contributed by atoms with van der Waals surface area (Å²) < 4.78 is 6.01. The molecule has 5 nitrogen and oxygen atoms in total. The minimum Gasteiger partial charge on any atom is -0.373 e. The zero-order chi connectivity index (χ0) is 20.7. The van der Waals surface area contributed by atoms with Gasteiger partial charge >= 0.3 is 0 Å². The average Bonchev–Trinajstić information content (AvgIpc) is 2.70. The van der Waals surface area contributed by atoms with Crippen molar-refractivity contribution < 1.29 is 9.53 Å². The van der Waals surface area contributed by atoms with Gasteiger partial charge in [-0.15, -0.1) is 11.6 Å². The molecule has 0 saturated heterocycles. The van der Waals surface area contributed by atoms with Crippen LogP contribution in [0.3, 0.4) is 0 Å². The molecule has 1 heterocycles. The van der Waals surface area contributed by atoms with E-state index >= 15 is 0 Å². The molecule has 0 radical (unpaired) electrons. The number of aryl methyl sites for hydroxylation is 1. The molecule has 0 bridgehead atoms. The number of benzene rings is 1. The number of carbonyl (C=O) groups excluding carboxylic acids is 1. The zero-order valence-electron chi connectivity index (χ0n) is 17.4. The number of anilines is 3. The van der Waals surface area contributed by atoms with Crippen molar-refractivity contribution in [1.82, 2.24) is 4.98 Å². The number of pyridine rings is 1. The predicted octanol–water partition coefficient (Wildman–Crippen LogP) is 5.63. The van der Waals surface area contributed by atoms with E-state index < -0.39 is 0 Å². The van der Waals surface area contributed by atoms with E-state index in [4.69, 9.17) is 16.3 Å². The minimum absolute atomic E-state index is 0.121. The van der Waals surface area contributed by atoms with Crippen LogP contribution in [0.25, 0.3) is 0 Å². The fourth-order valence-corrected chi connectivity index (χ4v) is 3.05. The molecule has 1 aromatic carbocycles. The number of aromatic nitrogens is 1. The molecule has 0 aliphatic carbocycles. The third-order valence-electron chi connectivity index (χ3n) is 5.12. The Labute approximate surface area is 172 Å². The third-order valence-corrected chi connectivity index (χ3v) is 5.36. The maximum absolute atomic E-state index is 12.0. The molecule has 0 aliphatic heterocycles. The van der Waals surface area contributed by atoms with Gasteiger partial charge in [-0.1, -0.05) is 19.9 Å². The lowest BCUT2D eigenvalue weighted by Crippen LogP contribution is -2.17. The van der Waals surface area contributed by atoms with Crippen molar-refractivity contribution in [3.05, 3.63) is 46.6 Å². The number of nitrogens with one attached hydrogen (secondary N) is 2. The van der Waals surface area contributed by atoms with E-state index in [9.17, 15) is 4.79 Å². The molecule has 28 heavy (non-hydrogen) atoms. The number of carbonyl (C=O) groups is 1. The van der Waals surface area contributed by atoms with Crippen LogP contribution in [0.5, 0.6) is 0 Å². The highest BCUT2D eigenvalue weighted by Crippen LogP contribution is 2.31. The smallest absolute Gasteiger partial charge is 0.239 e. The second-order valence-corrected chi connectivity index (χ2v) is 7.20. The standard InChI is InChI=1S/C22H30ClN3O2/c1-6-18(7-2)28-13-17-10-11-24-22(21(17)26-20(27)12-23)25-19-9-8-14(3)15(4)16(19)5/h8-11,18H,6-7,12-13H2,1-5H3,(H,24,25)(H,26,27). The zero-order valence-corrected chi connectivity index (χ0v) is 18.1. The van der Waals surface area contributed by atoms with Gasteiger partial charge < -0.3 is 15.4 Å². The first kappa shape index (κ1) is 22.2. The number of nitrogens with zero attached hydrogens (tertiary/aromatic N) is 1. The first-order chi connectivity index (χ1) is 13.4. The van der Waals surface area contributed by atoms with Crippen LogP contribution in [-0.4, -0.2) is 22.9 Å². The summed E-state index contributed by atoms with van der Waals surface area (Å²) in [7, 11) is 0. The van der Waals surface area contributed by atoms with Crippen LogP contribution in [0, 0.1) is 20.8 Å². The van der Waals surface area contributed by atoms with Gasteiger partial charge in [-0.25, -0.2) is 4.98 Å². The fourth-order valence-electron chi connectivity index (χ4n) is 2.98. The molecule has 1 amide bonds. The van der Waals surface area contributed by atoms with E-state index in [0.717, 1.165) is 29.7 Å². The molecule has 2 aromatic rings. The number of rotatable bonds is 9. The fraction of sp³-hybridized carbons (Fsp3) is 0.455. The minimum atomic E-state index is -0.279. The van der Waals surface area contributed by atoms with Crippen LogP contribution >= 0.6 is 11.6 Å². The van der Waals surface area contributed by atoms with Crippen molar-refractivity contribution in [3.63, 3.8) is 0 Å². The normalized spacial score (nSPS) is 11.0. The Bertz CT molecular complexity index is 820. The van der Waals surface area contributed by atoms with Gasteiger partial charge in [-0.3, -0.25) is 4.79 Å².